The molecule has 24 heavy (non-hydrogen) atoms. The number of nitrogens with one attached hydrogen (secondary N) is 1. The van der Waals surface area contributed by atoms with Gasteiger partial charge in [-0.2, -0.15) is 0 Å². The van der Waals surface area contributed by atoms with Crippen LogP contribution in [0, 0.1) is 0 Å². The number of pyridine rings is 1. The number of hydrogen-bond donors (Lipinski definition) is 2. The molecule has 0 bridgehead atoms. The number of likely N-dealkylation sites (N-methyl/N-ethyl adjacent to an activating group) is 1. The molecule has 1 saturated heterocycles. The zero-order valence-electron chi connectivity index (χ0n) is 13.8. The molecule has 1 aromatic carbocycles. The molecule has 1 aromatic heterocycles. The summed E-state index contributed by atoms with van der Waals surface area (Å²) in [5.74, 6) is 0.233. The van der Waals surface area contributed by atoms with Gasteiger partial charge in [-0.3, -0.25) is 9.78 Å². The molecule has 0 aliphatic carbocycles. The first kappa shape index (κ1) is 16.6. The van der Waals surface area contributed by atoms with Crippen LogP contribution in [-0.2, 0) is 0 Å². The van der Waals surface area contributed by atoms with Crippen LogP contribution in [0.15, 0.2) is 54.9 Å². The minimum absolute atomic E-state index is 0.0148. The highest BCUT2D eigenvalue weighted by Crippen LogP contribution is 2.32. The smallest absolute Gasteiger partial charge is 0.254 e. The number of nitrogens with zero attached hydrogens (tertiary/aromatic N) is 2. The SMILES string of the molecule is CCN(C[C@H]1N[C@@H](CO)[C@@H]1c1ccccc1)C(=O)c1ccncc1. The topological polar surface area (TPSA) is 65.5 Å². The summed E-state index contributed by atoms with van der Waals surface area (Å²) in [6, 6.07) is 13.9. The van der Waals surface area contributed by atoms with Crippen molar-refractivity contribution in [3.8, 4) is 0 Å². The van der Waals surface area contributed by atoms with E-state index >= 15 is 0 Å². The lowest BCUT2D eigenvalue weighted by atomic mass is 9.77. The second-order valence-corrected chi connectivity index (χ2v) is 6.08. The van der Waals surface area contributed by atoms with Crippen molar-refractivity contribution in [1.82, 2.24) is 15.2 Å². The highest BCUT2D eigenvalue weighted by Gasteiger charge is 2.41. The molecule has 5 nitrogen and oxygen atoms in total. The Morgan fingerprint density at radius 2 is 1.88 bits per heavy atom. The third-order valence-corrected chi connectivity index (χ3v) is 4.69. The van der Waals surface area contributed by atoms with Crippen LogP contribution in [0.4, 0.5) is 0 Å². The predicted molar refractivity (Wildman–Crippen MR) is 92.8 cm³/mol. The molecule has 5 heteroatoms. The van der Waals surface area contributed by atoms with Gasteiger partial charge in [-0.05, 0) is 24.6 Å². The molecule has 1 amide bonds. The molecule has 2 heterocycles. The molecule has 2 aromatic rings. The number of rotatable bonds is 6. The summed E-state index contributed by atoms with van der Waals surface area (Å²) < 4.78 is 0. The molecule has 1 aliphatic heterocycles. The van der Waals surface area contributed by atoms with Crippen molar-refractivity contribution in [3.05, 3.63) is 66.0 Å². The fourth-order valence-corrected chi connectivity index (χ4v) is 3.39. The first-order valence-electron chi connectivity index (χ1n) is 8.35. The third kappa shape index (κ3) is 3.32. The summed E-state index contributed by atoms with van der Waals surface area (Å²) in [7, 11) is 0. The summed E-state index contributed by atoms with van der Waals surface area (Å²) in [4.78, 5) is 18.5. The van der Waals surface area contributed by atoms with E-state index in [1.54, 1.807) is 24.5 Å². The summed E-state index contributed by atoms with van der Waals surface area (Å²) in [5.41, 5.74) is 1.86. The maximum Gasteiger partial charge on any atom is 0.254 e. The van der Waals surface area contributed by atoms with Gasteiger partial charge in [-0.15, -0.1) is 0 Å². The van der Waals surface area contributed by atoms with E-state index in [1.807, 2.05) is 30.0 Å². The number of amides is 1. The van der Waals surface area contributed by atoms with Crippen molar-refractivity contribution in [2.24, 2.45) is 0 Å². The number of carbonyl (C=O) groups is 1. The minimum atomic E-state index is 0.0148. The Morgan fingerprint density at radius 1 is 1.17 bits per heavy atom. The van der Waals surface area contributed by atoms with Crippen molar-refractivity contribution >= 4 is 5.91 Å². The molecule has 0 spiro atoms. The largest absolute Gasteiger partial charge is 0.395 e. The Morgan fingerprint density at radius 3 is 2.50 bits per heavy atom. The van der Waals surface area contributed by atoms with E-state index in [0.717, 1.165) is 0 Å². The van der Waals surface area contributed by atoms with Crippen molar-refractivity contribution < 1.29 is 9.90 Å². The van der Waals surface area contributed by atoms with E-state index in [4.69, 9.17) is 0 Å². The Hall–Kier alpha value is -2.24. The maximum atomic E-state index is 12.7. The summed E-state index contributed by atoms with van der Waals surface area (Å²) in [5, 5.41) is 13.0. The van der Waals surface area contributed by atoms with Gasteiger partial charge in [-0.1, -0.05) is 30.3 Å². The maximum absolute atomic E-state index is 12.7. The molecule has 3 rings (SSSR count). The van der Waals surface area contributed by atoms with Gasteiger partial charge in [-0.25, -0.2) is 0 Å². The molecule has 1 fully saturated rings. The number of aromatic nitrogens is 1. The predicted octanol–water partition coefficient (Wildman–Crippen LogP) is 1.66. The van der Waals surface area contributed by atoms with Crippen LogP contribution in [-0.4, -0.2) is 52.7 Å². The normalized spacial score (nSPS) is 22.7. The van der Waals surface area contributed by atoms with Gasteiger partial charge in [0.2, 0.25) is 0 Å². The first-order chi connectivity index (χ1) is 11.7. The molecular formula is C19H23N3O2. The molecule has 1 aliphatic rings. The number of aliphatic hydroxyl groups is 1. The molecule has 0 unspecified atom stereocenters. The van der Waals surface area contributed by atoms with Gasteiger partial charge in [0, 0.05) is 49.0 Å². The fourth-order valence-electron chi connectivity index (χ4n) is 3.39. The Kier molecular flexibility index (Phi) is 5.23. The molecule has 0 saturated carbocycles. The Bertz CT molecular complexity index is 663. The quantitative estimate of drug-likeness (QED) is 0.848. The van der Waals surface area contributed by atoms with Crippen molar-refractivity contribution in [2.45, 2.75) is 24.9 Å². The molecule has 0 radical (unpaired) electrons. The van der Waals surface area contributed by atoms with Gasteiger partial charge >= 0.3 is 0 Å². The monoisotopic (exact) mass is 325 g/mol. The average Bonchev–Trinajstić information content (AvgIpc) is 2.62. The standard InChI is InChI=1S/C19H23N3O2/c1-2-22(19(24)15-8-10-20-11-9-15)12-16-18(17(13-23)21-16)14-6-4-3-5-7-14/h3-11,16-18,21,23H,2,12-13H2,1H3/t16-,17+,18-/m1/s1. The van der Waals surface area contributed by atoms with E-state index in [9.17, 15) is 9.90 Å². The number of hydrogen-bond acceptors (Lipinski definition) is 4. The zero-order chi connectivity index (χ0) is 16.9. The number of aliphatic hydroxyl groups excluding tert-OH is 1. The highest BCUT2D eigenvalue weighted by molar-refractivity contribution is 5.94. The second-order valence-electron chi connectivity index (χ2n) is 6.08. The molecule has 3 atom stereocenters. The molecular weight excluding hydrogens is 302 g/mol. The van der Waals surface area contributed by atoms with Crippen molar-refractivity contribution in [2.75, 3.05) is 19.7 Å². The van der Waals surface area contributed by atoms with Crippen LogP contribution < -0.4 is 5.32 Å². The van der Waals surface area contributed by atoms with Gasteiger partial charge in [0.1, 0.15) is 0 Å². The van der Waals surface area contributed by atoms with Crippen LogP contribution in [0.2, 0.25) is 0 Å². The Labute approximate surface area is 142 Å². The van der Waals surface area contributed by atoms with Crippen molar-refractivity contribution in [3.63, 3.8) is 0 Å². The zero-order valence-corrected chi connectivity index (χ0v) is 13.8. The van der Waals surface area contributed by atoms with E-state index in [0.29, 0.717) is 18.7 Å². The van der Waals surface area contributed by atoms with E-state index in [2.05, 4.69) is 22.4 Å². The van der Waals surface area contributed by atoms with Crippen LogP contribution in [0.5, 0.6) is 0 Å². The summed E-state index contributed by atoms with van der Waals surface area (Å²) in [6.07, 6.45) is 3.27. The van der Waals surface area contributed by atoms with Crippen LogP contribution in [0.25, 0.3) is 0 Å². The van der Waals surface area contributed by atoms with E-state index in [1.165, 1.54) is 5.56 Å². The van der Waals surface area contributed by atoms with Gasteiger partial charge < -0.3 is 15.3 Å². The number of carbonyl (C=O) groups excluding carboxylic acids is 1. The fraction of sp³-hybridized carbons (Fsp3) is 0.368. The van der Waals surface area contributed by atoms with Gasteiger partial charge in [0.25, 0.3) is 5.91 Å². The van der Waals surface area contributed by atoms with Crippen LogP contribution in [0.3, 0.4) is 0 Å². The first-order valence-corrected chi connectivity index (χ1v) is 8.35. The highest BCUT2D eigenvalue weighted by atomic mass is 16.3. The molecule has 126 valence electrons. The van der Waals surface area contributed by atoms with Gasteiger partial charge in [0.15, 0.2) is 0 Å². The van der Waals surface area contributed by atoms with E-state index < -0.39 is 0 Å². The summed E-state index contributed by atoms with van der Waals surface area (Å²) >= 11 is 0. The lowest BCUT2D eigenvalue weighted by molar-refractivity contribution is 0.0641. The number of benzene rings is 1. The third-order valence-electron chi connectivity index (χ3n) is 4.69. The Balaban J connectivity index is 1.72. The lowest BCUT2D eigenvalue weighted by Crippen LogP contribution is -2.65. The lowest BCUT2D eigenvalue weighted by Gasteiger charge is -2.47. The minimum Gasteiger partial charge on any atom is -0.395 e. The summed E-state index contributed by atoms with van der Waals surface area (Å²) in [6.45, 7) is 3.34. The van der Waals surface area contributed by atoms with E-state index in [-0.39, 0.29) is 30.5 Å². The van der Waals surface area contributed by atoms with Gasteiger partial charge in [0.05, 0.1) is 6.61 Å². The van der Waals surface area contributed by atoms with Crippen LogP contribution in [0.1, 0.15) is 28.8 Å². The second kappa shape index (κ2) is 7.55. The molecule has 2 N–H and O–H groups in total. The van der Waals surface area contributed by atoms with Crippen molar-refractivity contribution in [1.29, 1.82) is 0 Å². The average molecular weight is 325 g/mol. The van der Waals surface area contributed by atoms with Crippen LogP contribution >= 0.6 is 0 Å².